The van der Waals surface area contributed by atoms with Crippen molar-refractivity contribution in [1.82, 2.24) is 10.6 Å². The topological polar surface area (TPSA) is 84.2 Å². The molecule has 0 aliphatic rings. The second kappa shape index (κ2) is 6.26. The first-order chi connectivity index (χ1) is 8.41. The molecule has 4 N–H and O–H groups in total. The minimum Gasteiger partial charge on any atom is -0.352 e. The van der Waals surface area contributed by atoms with E-state index in [1.54, 1.807) is 13.0 Å². The van der Waals surface area contributed by atoms with Crippen molar-refractivity contribution in [1.29, 1.82) is 0 Å². The number of benzene rings is 1. The van der Waals surface area contributed by atoms with E-state index >= 15 is 0 Å². The second-order valence-corrected chi connectivity index (χ2v) is 4.39. The van der Waals surface area contributed by atoms with E-state index in [9.17, 15) is 9.59 Å². The Labute approximate surface area is 111 Å². The zero-order chi connectivity index (χ0) is 13.7. The Balaban J connectivity index is 2.65. The van der Waals surface area contributed by atoms with Crippen molar-refractivity contribution in [3.05, 3.63) is 34.9 Å². The number of carbonyl (C=O) groups excluding carboxylic acids is 2. The van der Waals surface area contributed by atoms with Gasteiger partial charge in [-0.25, -0.2) is 4.79 Å². The summed E-state index contributed by atoms with van der Waals surface area (Å²) in [4.78, 5) is 22.4. The lowest BCUT2D eigenvalue weighted by Crippen LogP contribution is -2.47. The van der Waals surface area contributed by atoms with E-state index in [1.807, 2.05) is 25.1 Å². The van der Waals surface area contributed by atoms with E-state index in [4.69, 9.17) is 17.3 Å². The van der Waals surface area contributed by atoms with Gasteiger partial charge in [0.1, 0.15) is 6.04 Å². The van der Waals surface area contributed by atoms with E-state index in [-0.39, 0.29) is 11.9 Å². The number of amides is 3. The number of nitrogens with one attached hydrogen (secondary N) is 2. The van der Waals surface area contributed by atoms with E-state index in [1.165, 1.54) is 0 Å². The molecule has 98 valence electrons. The fraction of sp³-hybridized carbons (Fsp3) is 0.333. The molecule has 0 radical (unpaired) electrons. The normalized spacial score (nSPS) is 13.5. The summed E-state index contributed by atoms with van der Waals surface area (Å²) < 4.78 is 0. The van der Waals surface area contributed by atoms with Crippen LogP contribution in [0.4, 0.5) is 4.79 Å². The molecule has 0 spiro atoms. The van der Waals surface area contributed by atoms with Crippen molar-refractivity contribution in [3.63, 3.8) is 0 Å². The molecule has 0 heterocycles. The van der Waals surface area contributed by atoms with Crippen LogP contribution in [0.25, 0.3) is 0 Å². The molecule has 0 fully saturated rings. The first-order valence-electron chi connectivity index (χ1n) is 5.52. The van der Waals surface area contributed by atoms with Gasteiger partial charge in [-0.3, -0.25) is 4.79 Å². The number of nitrogens with two attached hydrogens (primary N) is 1. The summed E-state index contributed by atoms with van der Waals surface area (Å²) in [5.41, 5.74) is 5.76. The van der Waals surface area contributed by atoms with Crippen LogP contribution in [0.3, 0.4) is 0 Å². The predicted molar refractivity (Wildman–Crippen MR) is 70.2 cm³/mol. The first-order valence-corrected chi connectivity index (χ1v) is 5.90. The quantitative estimate of drug-likeness (QED) is 0.775. The standard InChI is InChI=1S/C12H16ClN3O2/c1-7(9-5-3-4-6-10(9)13)15-11(17)8(2)16-12(14)18/h3-8H,1-2H3,(H,15,17)(H3,14,16,18). The van der Waals surface area contributed by atoms with Gasteiger partial charge in [-0.15, -0.1) is 0 Å². The van der Waals surface area contributed by atoms with Crippen LogP contribution in [0.15, 0.2) is 24.3 Å². The summed E-state index contributed by atoms with van der Waals surface area (Å²) in [6.07, 6.45) is 0. The fourth-order valence-corrected chi connectivity index (χ4v) is 1.82. The van der Waals surface area contributed by atoms with Gasteiger partial charge in [0.2, 0.25) is 5.91 Å². The maximum Gasteiger partial charge on any atom is 0.312 e. The molecule has 6 heteroatoms. The van der Waals surface area contributed by atoms with E-state index in [0.717, 1.165) is 5.56 Å². The van der Waals surface area contributed by atoms with Gasteiger partial charge in [0, 0.05) is 5.02 Å². The van der Waals surface area contributed by atoms with E-state index < -0.39 is 12.1 Å². The molecule has 3 amide bonds. The summed E-state index contributed by atoms with van der Waals surface area (Å²) in [6, 6.07) is 5.58. The van der Waals surface area contributed by atoms with Crippen LogP contribution in [0, 0.1) is 0 Å². The minimum atomic E-state index is -0.733. The number of urea groups is 1. The average Bonchev–Trinajstić information content (AvgIpc) is 2.28. The monoisotopic (exact) mass is 269 g/mol. The number of primary amides is 1. The Kier molecular flexibility index (Phi) is 4.97. The molecular formula is C12H16ClN3O2. The van der Waals surface area contributed by atoms with Crippen molar-refractivity contribution >= 4 is 23.5 Å². The average molecular weight is 270 g/mol. The summed E-state index contributed by atoms with van der Waals surface area (Å²) in [7, 11) is 0. The highest BCUT2D eigenvalue weighted by atomic mass is 35.5. The molecule has 0 aromatic heterocycles. The summed E-state index contributed by atoms with van der Waals surface area (Å²) in [5, 5.41) is 5.64. The smallest absolute Gasteiger partial charge is 0.312 e. The number of carbonyl (C=O) groups is 2. The van der Waals surface area contributed by atoms with Crippen LogP contribution < -0.4 is 16.4 Å². The van der Waals surface area contributed by atoms with Crippen LogP contribution in [-0.4, -0.2) is 18.0 Å². The van der Waals surface area contributed by atoms with Gasteiger partial charge in [-0.05, 0) is 25.5 Å². The van der Waals surface area contributed by atoms with Gasteiger partial charge in [-0.1, -0.05) is 29.8 Å². The maximum absolute atomic E-state index is 11.7. The first kappa shape index (κ1) is 14.3. The Bertz CT molecular complexity index is 451. The van der Waals surface area contributed by atoms with Crippen molar-refractivity contribution in [2.24, 2.45) is 5.73 Å². The molecule has 0 saturated heterocycles. The van der Waals surface area contributed by atoms with Crippen LogP contribution in [0.5, 0.6) is 0 Å². The Hall–Kier alpha value is -1.75. The number of halogens is 1. The van der Waals surface area contributed by atoms with Crippen molar-refractivity contribution in [2.75, 3.05) is 0 Å². The van der Waals surface area contributed by atoms with Crippen molar-refractivity contribution in [3.8, 4) is 0 Å². The Morgan fingerprint density at radius 1 is 1.22 bits per heavy atom. The molecule has 5 nitrogen and oxygen atoms in total. The Morgan fingerprint density at radius 3 is 2.39 bits per heavy atom. The van der Waals surface area contributed by atoms with Crippen molar-refractivity contribution < 1.29 is 9.59 Å². The van der Waals surface area contributed by atoms with Crippen LogP contribution in [0.1, 0.15) is 25.5 Å². The maximum atomic E-state index is 11.7. The number of hydrogen-bond donors (Lipinski definition) is 3. The fourth-order valence-electron chi connectivity index (χ4n) is 1.52. The highest BCUT2D eigenvalue weighted by Crippen LogP contribution is 2.21. The summed E-state index contributed by atoms with van der Waals surface area (Å²) in [5.74, 6) is -0.318. The highest BCUT2D eigenvalue weighted by molar-refractivity contribution is 6.31. The molecule has 2 unspecified atom stereocenters. The number of rotatable bonds is 4. The van der Waals surface area contributed by atoms with Crippen LogP contribution >= 0.6 is 11.6 Å². The molecule has 1 rings (SSSR count). The van der Waals surface area contributed by atoms with Gasteiger partial charge in [0.15, 0.2) is 0 Å². The van der Waals surface area contributed by atoms with Crippen molar-refractivity contribution in [2.45, 2.75) is 25.9 Å². The molecule has 0 bridgehead atoms. The molecule has 1 aromatic carbocycles. The van der Waals surface area contributed by atoms with Gasteiger partial charge in [0.25, 0.3) is 0 Å². The molecular weight excluding hydrogens is 254 g/mol. The van der Waals surface area contributed by atoms with E-state index in [0.29, 0.717) is 5.02 Å². The molecule has 2 atom stereocenters. The lowest BCUT2D eigenvalue weighted by Gasteiger charge is -2.19. The van der Waals surface area contributed by atoms with Gasteiger partial charge in [0.05, 0.1) is 6.04 Å². The minimum absolute atomic E-state index is 0.247. The van der Waals surface area contributed by atoms with E-state index in [2.05, 4.69) is 10.6 Å². The third-order valence-electron chi connectivity index (χ3n) is 2.48. The van der Waals surface area contributed by atoms with Crippen LogP contribution in [0.2, 0.25) is 5.02 Å². The lowest BCUT2D eigenvalue weighted by atomic mass is 10.1. The molecule has 0 aliphatic heterocycles. The zero-order valence-electron chi connectivity index (χ0n) is 10.2. The molecule has 1 aromatic rings. The zero-order valence-corrected chi connectivity index (χ0v) is 11.0. The highest BCUT2D eigenvalue weighted by Gasteiger charge is 2.17. The third-order valence-corrected chi connectivity index (χ3v) is 2.83. The third kappa shape index (κ3) is 3.92. The summed E-state index contributed by atoms with van der Waals surface area (Å²) in [6.45, 7) is 3.37. The largest absolute Gasteiger partial charge is 0.352 e. The van der Waals surface area contributed by atoms with Gasteiger partial charge < -0.3 is 16.4 Å². The van der Waals surface area contributed by atoms with Gasteiger partial charge in [-0.2, -0.15) is 0 Å². The SMILES string of the molecule is CC(NC(N)=O)C(=O)NC(C)c1ccccc1Cl. The Morgan fingerprint density at radius 2 is 1.83 bits per heavy atom. The lowest BCUT2D eigenvalue weighted by molar-refractivity contribution is -0.123. The van der Waals surface area contributed by atoms with Gasteiger partial charge >= 0.3 is 6.03 Å². The molecule has 18 heavy (non-hydrogen) atoms. The number of hydrogen-bond acceptors (Lipinski definition) is 2. The molecule has 0 saturated carbocycles. The predicted octanol–water partition coefficient (Wildman–Crippen LogP) is 1.57. The van der Waals surface area contributed by atoms with Crippen LogP contribution in [-0.2, 0) is 4.79 Å². The molecule has 0 aliphatic carbocycles. The second-order valence-electron chi connectivity index (χ2n) is 3.98. The summed E-state index contributed by atoms with van der Waals surface area (Å²) >= 11 is 6.03.